The molecule has 1 aromatic heterocycles. The van der Waals surface area contributed by atoms with Crippen LogP contribution in [0, 0.1) is 0 Å². The molecule has 0 saturated carbocycles. The van der Waals surface area contributed by atoms with Crippen LogP contribution in [0.25, 0.3) is 0 Å². The predicted octanol–water partition coefficient (Wildman–Crippen LogP) is 5.42. The summed E-state index contributed by atoms with van der Waals surface area (Å²) in [4.78, 5) is 16.5. The number of carbonyl (C=O) groups excluding carboxylic acids is 1. The van der Waals surface area contributed by atoms with Crippen LogP contribution in [0.3, 0.4) is 0 Å². The third kappa shape index (κ3) is 4.10. The maximum absolute atomic E-state index is 12.3. The molecule has 3 nitrogen and oxygen atoms in total. The molecule has 6 heteroatoms. The summed E-state index contributed by atoms with van der Waals surface area (Å²) in [6.45, 7) is 3.96. The van der Waals surface area contributed by atoms with Crippen LogP contribution < -0.4 is 5.32 Å². The zero-order chi connectivity index (χ0) is 15.6. The number of benzene rings is 1. The lowest BCUT2D eigenvalue weighted by Crippen LogP contribution is -2.13. The van der Waals surface area contributed by atoms with E-state index in [2.05, 4.69) is 10.3 Å². The van der Waals surface area contributed by atoms with E-state index in [-0.39, 0.29) is 17.0 Å². The van der Waals surface area contributed by atoms with E-state index in [1.807, 2.05) is 13.8 Å². The van der Waals surface area contributed by atoms with Gasteiger partial charge in [-0.2, -0.15) is 0 Å². The third-order valence-electron chi connectivity index (χ3n) is 2.84. The minimum Gasteiger partial charge on any atom is -0.321 e. The van der Waals surface area contributed by atoms with Gasteiger partial charge in [0.05, 0.1) is 10.7 Å². The first-order valence-corrected chi connectivity index (χ1v) is 7.44. The van der Waals surface area contributed by atoms with E-state index in [0.29, 0.717) is 21.3 Å². The van der Waals surface area contributed by atoms with Crippen molar-refractivity contribution in [1.82, 2.24) is 4.98 Å². The monoisotopic (exact) mass is 342 g/mol. The van der Waals surface area contributed by atoms with Gasteiger partial charge in [0.25, 0.3) is 5.91 Å². The lowest BCUT2D eigenvalue weighted by molar-refractivity contribution is 0.102. The number of aromatic nitrogens is 1. The van der Waals surface area contributed by atoms with Gasteiger partial charge in [-0.05, 0) is 36.2 Å². The number of amides is 1. The molecule has 0 atom stereocenters. The van der Waals surface area contributed by atoms with E-state index < -0.39 is 0 Å². The zero-order valence-corrected chi connectivity index (χ0v) is 13.7. The summed E-state index contributed by atoms with van der Waals surface area (Å²) in [7, 11) is 0. The quantitative estimate of drug-likeness (QED) is 0.756. The molecule has 0 aliphatic rings. The second-order valence-electron chi connectivity index (χ2n) is 4.84. The Morgan fingerprint density at radius 1 is 1.14 bits per heavy atom. The smallest absolute Gasteiger partial charge is 0.255 e. The molecule has 0 radical (unpaired) electrons. The normalized spacial score (nSPS) is 10.8. The van der Waals surface area contributed by atoms with Gasteiger partial charge in [0.2, 0.25) is 0 Å². The Labute approximate surface area is 138 Å². The summed E-state index contributed by atoms with van der Waals surface area (Å²) in [5, 5.41) is 3.90. The Kier molecular flexibility index (Phi) is 5.09. The second-order valence-corrected chi connectivity index (χ2v) is 6.07. The standard InChI is InChI=1S/C15H13Cl3N2O/c1-8(2)12-5-9(6-14(18)19-12)15(21)20-13-7-10(16)3-4-11(13)17/h3-8H,1-2H3,(H,20,21). The van der Waals surface area contributed by atoms with E-state index in [9.17, 15) is 4.79 Å². The van der Waals surface area contributed by atoms with Gasteiger partial charge in [-0.3, -0.25) is 4.79 Å². The van der Waals surface area contributed by atoms with E-state index in [1.54, 1.807) is 24.3 Å². The van der Waals surface area contributed by atoms with E-state index in [4.69, 9.17) is 34.8 Å². The fraction of sp³-hybridized carbons (Fsp3) is 0.200. The molecule has 0 aliphatic heterocycles. The van der Waals surface area contributed by atoms with E-state index in [1.165, 1.54) is 6.07 Å². The number of anilines is 1. The number of rotatable bonds is 3. The average Bonchev–Trinajstić information content (AvgIpc) is 2.42. The first kappa shape index (κ1) is 16.1. The maximum atomic E-state index is 12.3. The average molecular weight is 344 g/mol. The van der Waals surface area contributed by atoms with Gasteiger partial charge in [0.15, 0.2) is 0 Å². The summed E-state index contributed by atoms with van der Waals surface area (Å²) >= 11 is 17.9. The van der Waals surface area contributed by atoms with E-state index >= 15 is 0 Å². The number of nitrogens with zero attached hydrogens (tertiary/aromatic N) is 1. The van der Waals surface area contributed by atoms with Crippen molar-refractivity contribution in [1.29, 1.82) is 0 Å². The molecule has 21 heavy (non-hydrogen) atoms. The molecule has 0 aliphatic carbocycles. The molecule has 2 rings (SSSR count). The third-order valence-corrected chi connectivity index (χ3v) is 3.60. The Morgan fingerprint density at radius 2 is 1.86 bits per heavy atom. The fourth-order valence-corrected chi connectivity index (χ4v) is 2.28. The number of hydrogen-bond acceptors (Lipinski definition) is 2. The molecule has 1 N–H and O–H groups in total. The largest absolute Gasteiger partial charge is 0.321 e. The predicted molar refractivity (Wildman–Crippen MR) is 87.8 cm³/mol. The van der Waals surface area contributed by atoms with Crippen molar-refractivity contribution in [3.05, 3.63) is 56.8 Å². The van der Waals surface area contributed by atoms with Crippen LogP contribution in [0.15, 0.2) is 30.3 Å². The van der Waals surface area contributed by atoms with Crippen LogP contribution >= 0.6 is 34.8 Å². The van der Waals surface area contributed by atoms with Crippen LogP contribution in [-0.4, -0.2) is 10.9 Å². The van der Waals surface area contributed by atoms with Crippen LogP contribution in [0.1, 0.15) is 35.8 Å². The number of halogens is 3. The molecular formula is C15H13Cl3N2O. The molecule has 2 aromatic rings. The molecule has 1 heterocycles. The van der Waals surface area contributed by atoms with Gasteiger partial charge in [0, 0.05) is 16.3 Å². The van der Waals surface area contributed by atoms with Gasteiger partial charge in [0.1, 0.15) is 5.15 Å². The van der Waals surface area contributed by atoms with Gasteiger partial charge in [-0.15, -0.1) is 0 Å². The fourth-order valence-electron chi connectivity index (χ4n) is 1.73. The summed E-state index contributed by atoms with van der Waals surface area (Å²) in [6.07, 6.45) is 0. The SMILES string of the molecule is CC(C)c1cc(C(=O)Nc2cc(Cl)ccc2Cl)cc(Cl)n1. The highest BCUT2D eigenvalue weighted by Crippen LogP contribution is 2.26. The molecule has 0 fully saturated rings. The molecule has 0 unspecified atom stereocenters. The molecule has 1 amide bonds. The second kappa shape index (κ2) is 6.65. The van der Waals surface area contributed by atoms with Crippen molar-refractivity contribution in [3.63, 3.8) is 0 Å². The number of pyridine rings is 1. The molecule has 0 bridgehead atoms. The first-order valence-electron chi connectivity index (χ1n) is 6.30. The number of nitrogens with one attached hydrogen (secondary N) is 1. The summed E-state index contributed by atoms with van der Waals surface area (Å²) in [5.41, 5.74) is 1.63. The Morgan fingerprint density at radius 3 is 2.52 bits per heavy atom. The van der Waals surface area contributed by atoms with Crippen LogP contribution in [0.2, 0.25) is 15.2 Å². The lowest BCUT2D eigenvalue weighted by Gasteiger charge is -2.10. The van der Waals surface area contributed by atoms with Crippen molar-refractivity contribution in [3.8, 4) is 0 Å². The topological polar surface area (TPSA) is 42.0 Å². The molecule has 110 valence electrons. The number of hydrogen-bond donors (Lipinski definition) is 1. The molecule has 1 aromatic carbocycles. The van der Waals surface area contributed by atoms with Crippen LogP contribution in [-0.2, 0) is 0 Å². The highest BCUT2D eigenvalue weighted by Gasteiger charge is 2.13. The van der Waals surface area contributed by atoms with E-state index in [0.717, 1.165) is 5.69 Å². The van der Waals surface area contributed by atoms with Crippen LogP contribution in [0.5, 0.6) is 0 Å². The highest BCUT2D eigenvalue weighted by molar-refractivity contribution is 6.36. The molecule has 0 saturated heterocycles. The van der Waals surface area contributed by atoms with Crippen molar-refractivity contribution in [2.45, 2.75) is 19.8 Å². The minimum atomic E-state index is -0.314. The van der Waals surface area contributed by atoms with Gasteiger partial charge >= 0.3 is 0 Å². The Bertz CT molecular complexity index is 687. The summed E-state index contributed by atoms with van der Waals surface area (Å²) < 4.78 is 0. The lowest BCUT2D eigenvalue weighted by atomic mass is 10.1. The first-order chi connectivity index (χ1) is 9.86. The Balaban J connectivity index is 2.30. The van der Waals surface area contributed by atoms with Gasteiger partial charge in [-0.25, -0.2) is 4.98 Å². The summed E-state index contributed by atoms with van der Waals surface area (Å²) in [5.74, 6) is -0.143. The highest BCUT2D eigenvalue weighted by atomic mass is 35.5. The van der Waals surface area contributed by atoms with Crippen LogP contribution in [0.4, 0.5) is 5.69 Å². The van der Waals surface area contributed by atoms with Crippen molar-refractivity contribution in [2.24, 2.45) is 0 Å². The number of carbonyl (C=O) groups is 1. The van der Waals surface area contributed by atoms with Gasteiger partial charge in [-0.1, -0.05) is 48.7 Å². The van der Waals surface area contributed by atoms with Crippen molar-refractivity contribution in [2.75, 3.05) is 5.32 Å². The maximum Gasteiger partial charge on any atom is 0.255 e. The minimum absolute atomic E-state index is 0.171. The molecule has 0 spiro atoms. The Hall–Kier alpha value is -1.29. The zero-order valence-electron chi connectivity index (χ0n) is 11.5. The van der Waals surface area contributed by atoms with Crippen molar-refractivity contribution >= 4 is 46.4 Å². The molecular weight excluding hydrogens is 331 g/mol. The van der Waals surface area contributed by atoms with Gasteiger partial charge < -0.3 is 5.32 Å². The van der Waals surface area contributed by atoms with Crippen molar-refractivity contribution < 1.29 is 4.79 Å². The summed E-state index contributed by atoms with van der Waals surface area (Å²) in [6, 6.07) is 8.10.